The van der Waals surface area contributed by atoms with Crippen LogP contribution in [-0.2, 0) is 32.0 Å². The minimum absolute atomic E-state index is 0.204. The summed E-state index contributed by atoms with van der Waals surface area (Å²) in [5.74, 6) is 1.85. The van der Waals surface area contributed by atoms with Gasteiger partial charge >= 0.3 is 0 Å². The van der Waals surface area contributed by atoms with Gasteiger partial charge in [0, 0.05) is 62.2 Å². The molecular weight excluding hydrogens is 452 g/mol. The van der Waals surface area contributed by atoms with Crippen molar-refractivity contribution in [2.24, 2.45) is 14.1 Å². The van der Waals surface area contributed by atoms with Crippen molar-refractivity contribution in [2.75, 3.05) is 26.7 Å². The fraction of sp³-hybridized carbons (Fsp3) is 0.481. The summed E-state index contributed by atoms with van der Waals surface area (Å²) < 4.78 is 6.15. The predicted octanol–water partition coefficient (Wildman–Crippen LogP) is 3.40. The van der Waals surface area contributed by atoms with E-state index in [9.17, 15) is 4.79 Å². The van der Waals surface area contributed by atoms with Crippen LogP contribution in [0.2, 0.25) is 0 Å². The molecule has 9 nitrogen and oxygen atoms in total. The molecule has 5 heterocycles. The molecule has 9 heteroatoms. The third-order valence-electron chi connectivity index (χ3n) is 7.88. The number of hydrogen-bond acceptors (Lipinski definition) is 5. The van der Waals surface area contributed by atoms with E-state index in [0.29, 0.717) is 18.9 Å². The number of rotatable bonds is 4. The Labute approximate surface area is 211 Å². The highest BCUT2D eigenvalue weighted by atomic mass is 16.2. The molecule has 0 atom stereocenters. The Kier molecular flexibility index (Phi) is 5.67. The monoisotopic (exact) mass is 486 g/mol. The number of amides is 1. The van der Waals surface area contributed by atoms with Gasteiger partial charge in [0.25, 0.3) is 0 Å². The predicted molar refractivity (Wildman–Crippen MR) is 139 cm³/mol. The average Bonchev–Trinajstić information content (AvgIpc) is 3.58. The molecule has 0 unspecified atom stereocenters. The van der Waals surface area contributed by atoms with Crippen molar-refractivity contribution < 1.29 is 4.79 Å². The van der Waals surface area contributed by atoms with Crippen LogP contribution in [0.3, 0.4) is 0 Å². The lowest BCUT2D eigenvalue weighted by Gasteiger charge is -2.32. The zero-order valence-corrected chi connectivity index (χ0v) is 21.6. The lowest BCUT2D eigenvalue weighted by molar-refractivity contribution is -0.132. The van der Waals surface area contributed by atoms with Crippen molar-refractivity contribution >= 4 is 16.8 Å². The summed E-state index contributed by atoms with van der Waals surface area (Å²) in [5, 5.41) is 10.2. The summed E-state index contributed by atoms with van der Waals surface area (Å²) in [6.07, 6.45) is 6.63. The smallest absolute Gasteiger partial charge is 0.222 e. The Morgan fingerprint density at radius 3 is 2.56 bits per heavy atom. The van der Waals surface area contributed by atoms with E-state index in [1.54, 1.807) is 4.68 Å². The van der Waals surface area contributed by atoms with Crippen molar-refractivity contribution in [1.29, 1.82) is 0 Å². The van der Waals surface area contributed by atoms with Crippen LogP contribution in [0.25, 0.3) is 33.4 Å². The van der Waals surface area contributed by atoms with Crippen LogP contribution < -0.4 is 0 Å². The molecule has 1 saturated heterocycles. The molecule has 0 spiro atoms. The zero-order valence-electron chi connectivity index (χ0n) is 21.6. The molecule has 1 amide bonds. The number of likely N-dealkylation sites (tertiary alicyclic amines) is 1. The fourth-order valence-electron chi connectivity index (χ4n) is 5.81. The summed E-state index contributed by atoms with van der Waals surface area (Å²) in [6, 6.07) is 6.50. The zero-order chi connectivity index (χ0) is 25.0. The molecule has 2 aliphatic rings. The molecule has 3 aromatic heterocycles. The third-order valence-corrected chi connectivity index (χ3v) is 7.88. The molecule has 0 bridgehead atoms. The van der Waals surface area contributed by atoms with Crippen LogP contribution in [0.15, 0.2) is 30.6 Å². The average molecular weight is 487 g/mol. The number of piperidine rings is 1. The number of benzene rings is 1. The minimum Gasteiger partial charge on any atom is -0.335 e. The molecule has 0 saturated carbocycles. The highest BCUT2D eigenvalue weighted by Crippen LogP contribution is 2.37. The van der Waals surface area contributed by atoms with Gasteiger partial charge in [0.2, 0.25) is 5.91 Å². The number of aromatic nitrogens is 6. The van der Waals surface area contributed by atoms with Crippen molar-refractivity contribution in [1.82, 2.24) is 38.9 Å². The highest BCUT2D eigenvalue weighted by Gasteiger charge is 2.31. The molecule has 0 N–H and O–H groups in total. The molecule has 1 fully saturated rings. The van der Waals surface area contributed by atoms with Crippen molar-refractivity contribution in [3.8, 4) is 22.5 Å². The fourth-order valence-corrected chi connectivity index (χ4v) is 5.81. The maximum Gasteiger partial charge on any atom is 0.222 e. The van der Waals surface area contributed by atoms with Gasteiger partial charge in [-0.05, 0) is 45.1 Å². The molecule has 0 radical (unpaired) electrons. The highest BCUT2D eigenvalue weighted by molar-refractivity contribution is 5.95. The Morgan fingerprint density at radius 2 is 1.83 bits per heavy atom. The standard InChI is InChI=1S/C27H34N8O/c1-5-24(36)34-12-13-35-23(17-34)26(29-27(35)18-8-10-31(2)11-9-18)19-6-7-22-21(14-19)25(30-33(22)4)20-15-28-32(3)16-20/h6-7,14-16,18H,5,8-13,17H2,1-4H3. The molecule has 1 aromatic carbocycles. The van der Waals surface area contributed by atoms with Gasteiger partial charge in [-0.15, -0.1) is 0 Å². The third kappa shape index (κ3) is 3.82. The van der Waals surface area contributed by atoms with Crippen LogP contribution in [0.5, 0.6) is 0 Å². The number of aryl methyl sites for hydroxylation is 2. The van der Waals surface area contributed by atoms with Crippen molar-refractivity contribution in [3.05, 3.63) is 42.1 Å². The van der Waals surface area contributed by atoms with Gasteiger partial charge in [-0.1, -0.05) is 13.0 Å². The van der Waals surface area contributed by atoms with E-state index < -0.39 is 0 Å². The minimum atomic E-state index is 0.204. The van der Waals surface area contributed by atoms with E-state index >= 15 is 0 Å². The van der Waals surface area contributed by atoms with E-state index in [1.807, 2.05) is 43.0 Å². The summed E-state index contributed by atoms with van der Waals surface area (Å²) in [5.41, 5.74) is 6.23. The van der Waals surface area contributed by atoms with E-state index in [-0.39, 0.29) is 5.91 Å². The largest absolute Gasteiger partial charge is 0.335 e. The number of imidazole rings is 1. The summed E-state index contributed by atoms with van der Waals surface area (Å²) >= 11 is 0. The SMILES string of the molecule is CCC(=O)N1CCn2c(C3CCN(C)CC3)nc(-c3ccc4c(c3)c(-c3cnn(C)c3)nn4C)c2C1. The Balaban J connectivity index is 1.48. The molecule has 36 heavy (non-hydrogen) atoms. The van der Waals surface area contributed by atoms with E-state index in [4.69, 9.17) is 10.1 Å². The Bertz CT molecular complexity index is 1440. The van der Waals surface area contributed by atoms with Crippen LogP contribution in [-0.4, -0.2) is 71.5 Å². The number of nitrogens with zero attached hydrogens (tertiary/aromatic N) is 8. The van der Waals surface area contributed by atoms with Crippen LogP contribution in [0.4, 0.5) is 0 Å². The summed E-state index contributed by atoms with van der Waals surface area (Å²) in [4.78, 5) is 22.3. The number of carbonyl (C=O) groups excluding carboxylic acids is 1. The second kappa shape index (κ2) is 8.89. The molecular formula is C27H34N8O. The van der Waals surface area contributed by atoms with Crippen LogP contribution in [0.1, 0.15) is 43.6 Å². The number of hydrogen-bond donors (Lipinski definition) is 0. The quantitative estimate of drug-likeness (QED) is 0.442. The molecule has 2 aliphatic heterocycles. The van der Waals surface area contributed by atoms with Gasteiger partial charge in [0.15, 0.2) is 0 Å². The van der Waals surface area contributed by atoms with Crippen LogP contribution >= 0.6 is 0 Å². The second-order valence-electron chi connectivity index (χ2n) is 10.3. The van der Waals surface area contributed by atoms with Gasteiger partial charge in [-0.25, -0.2) is 4.98 Å². The first-order valence-electron chi connectivity index (χ1n) is 12.9. The number of fused-ring (bicyclic) bond motifs is 2. The van der Waals surface area contributed by atoms with Crippen molar-refractivity contribution in [3.63, 3.8) is 0 Å². The lowest BCUT2D eigenvalue weighted by Crippen LogP contribution is -2.39. The van der Waals surface area contributed by atoms with Gasteiger partial charge in [0.05, 0.1) is 29.6 Å². The Morgan fingerprint density at radius 1 is 1.03 bits per heavy atom. The van der Waals surface area contributed by atoms with Gasteiger partial charge in [0.1, 0.15) is 11.5 Å². The Hall–Kier alpha value is -3.46. The maximum atomic E-state index is 12.6. The first kappa shape index (κ1) is 23.0. The molecule has 6 rings (SSSR count). The summed E-state index contributed by atoms with van der Waals surface area (Å²) in [7, 11) is 6.10. The van der Waals surface area contributed by atoms with E-state index in [0.717, 1.165) is 78.1 Å². The molecule has 188 valence electrons. The maximum absolute atomic E-state index is 12.6. The second-order valence-corrected chi connectivity index (χ2v) is 10.3. The first-order valence-corrected chi connectivity index (χ1v) is 12.9. The van der Waals surface area contributed by atoms with Gasteiger partial charge in [-0.3, -0.25) is 14.2 Å². The van der Waals surface area contributed by atoms with Crippen LogP contribution in [0, 0.1) is 0 Å². The van der Waals surface area contributed by atoms with Gasteiger partial charge in [-0.2, -0.15) is 10.2 Å². The topological polar surface area (TPSA) is 77.0 Å². The van der Waals surface area contributed by atoms with Crippen molar-refractivity contribution in [2.45, 2.75) is 45.2 Å². The molecule has 4 aromatic rings. The molecule has 0 aliphatic carbocycles. The van der Waals surface area contributed by atoms with E-state index in [2.05, 4.69) is 39.8 Å². The summed E-state index contributed by atoms with van der Waals surface area (Å²) in [6.45, 7) is 6.31. The lowest BCUT2D eigenvalue weighted by atomic mass is 9.96. The number of carbonyl (C=O) groups is 1. The normalized spacial score (nSPS) is 17.2. The van der Waals surface area contributed by atoms with Gasteiger partial charge < -0.3 is 14.4 Å². The first-order chi connectivity index (χ1) is 17.4. The van der Waals surface area contributed by atoms with E-state index in [1.165, 1.54) is 5.82 Å².